The Morgan fingerprint density at radius 1 is 1.24 bits per heavy atom. The third kappa shape index (κ3) is 7.33. The molecule has 0 aliphatic carbocycles. The Bertz CT molecular complexity index is 284. The van der Waals surface area contributed by atoms with Crippen LogP contribution >= 0.6 is 15.9 Å². The predicted molar refractivity (Wildman–Crippen MR) is 67.8 cm³/mol. The van der Waals surface area contributed by atoms with Crippen molar-refractivity contribution in [3.05, 3.63) is 0 Å². The minimum atomic E-state index is -1.08. The molecule has 0 heterocycles. The van der Waals surface area contributed by atoms with Gasteiger partial charge in [0.15, 0.2) is 0 Å². The lowest BCUT2D eigenvalue weighted by Gasteiger charge is -2.24. The zero-order chi connectivity index (χ0) is 13.7. The van der Waals surface area contributed by atoms with Crippen LogP contribution in [0.1, 0.15) is 34.1 Å². The summed E-state index contributed by atoms with van der Waals surface area (Å²) >= 11 is 3.17. The largest absolute Gasteiger partial charge is 0.463 e. The summed E-state index contributed by atoms with van der Waals surface area (Å²) in [5.74, 6) is -0.976. The van der Waals surface area contributed by atoms with Crippen molar-refractivity contribution in [1.29, 1.82) is 0 Å². The number of hydrogen-bond donors (Lipinski definition) is 1. The molecule has 0 saturated heterocycles. The summed E-state index contributed by atoms with van der Waals surface area (Å²) in [7, 11) is 0. The van der Waals surface area contributed by atoms with Crippen LogP contribution < -0.4 is 5.73 Å². The first-order chi connectivity index (χ1) is 7.58. The molecule has 0 aromatic heterocycles. The Morgan fingerprint density at radius 2 is 1.76 bits per heavy atom. The molecule has 0 bridgehead atoms. The molecule has 0 rings (SSSR count). The predicted octanol–water partition coefficient (Wildman–Crippen LogP) is 1.37. The van der Waals surface area contributed by atoms with Crippen LogP contribution in [0.3, 0.4) is 0 Å². The molecule has 0 aromatic rings. The van der Waals surface area contributed by atoms with Gasteiger partial charge in [-0.15, -0.1) is 0 Å². The molecule has 0 saturated carbocycles. The van der Waals surface area contributed by atoms with Crippen LogP contribution in [0, 0.1) is 0 Å². The summed E-state index contributed by atoms with van der Waals surface area (Å²) in [6.07, 6.45) is -0.0896. The van der Waals surface area contributed by atoms with Gasteiger partial charge in [-0.1, -0.05) is 15.9 Å². The van der Waals surface area contributed by atoms with Crippen molar-refractivity contribution < 1.29 is 19.1 Å². The number of carbonyl (C=O) groups is 2. The fraction of sp³-hybridized carbons (Fsp3) is 0.818. The van der Waals surface area contributed by atoms with Gasteiger partial charge in [-0.05, 0) is 27.7 Å². The summed E-state index contributed by atoms with van der Waals surface area (Å²) in [5, 5.41) is 0. The van der Waals surface area contributed by atoms with E-state index in [0.717, 1.165) is 0 Å². The van der Waals surface area contributed by atoms with Gasteiger partial charge in [0.05, 0.1) is 6.42 Å². The second-order valence-corrected chi connectivity index (χ2v) is 6.64. The van der Waals surface area contributed by atoms with Gasteiger partial charge < -0.3 is 15.2 Å². The Balaban J connectivity index is 4.33. The number of rotatable bonds is 5. The Labute approximate surface area is 110 Å². The molecule has 1 atom stereocenters. The van der Waals surface area contributed by atoms with Crippen LogP contribution in [0.2, 0.25) is 0 Å². The molecular weight excluding hydrogens is 290 g/mol. The molecule has 0 aromatic carbocycles. The summed E-state index contributed by atoms with van der Waals surface area (Å²) < 4.78 is 8.92. The van der Waals surface area contributed by atoms with Gasteiger partial charge in [-0.3, -0.25) is 9.59 Å². The van der Waals surface area contributed by atoms with E-state index in [1.54, 1.807) is 27.7 Å². The van der Waals surface area contributed by atoms with Crippen LogP contribution in [0.25, 0.3) is 0 Å². The fourth-order valence-electron chi connectivity index (χ4n) is 1.02. The van der Waals surface area contributed by atoms with Gasteiger partial charge in [-0.2, -0.15) is 0 Å². The number of hydrogen-bond acceptors (Lipinski definition) is 5. The van der Waals surface area contributed by atoms with Gasteiger partial charge in [0.1, 0.15) is 16.5 Å². The molecule has 17 heavy (non-hydrogen) atoms. The summed E-state index contributed by atoms with van der Waals surface area (Å²) in [6.45, 7) is 7.25. The highest BCUT2D eigenvalue weighted by atomic mass is 79.9. The number of halogens is 1. The Kier molecular flexibility index (Phi) is 6.12. The van der Waals surface area contributed by atoms with E-state index in [2.05, 4.69) is 15.9 Å². The highest BCUT2D eigenvalue weighted by Crippen LogP contribution is 2.25. The van der Waals surface area contributed by atoms with Gasteiger partial charge >= 0.3 is 11.9 Å². The first-order valence-electron chi connectivity index (χ1n) is 5.36. The van der Waals surface area contributed by atoms with Crippen LogP contribution in [-0.4, -0.2) is 35.0 Å². The van der Waals surface area contributed by atoms with Crippen LogP contribution in [0.15, 0.2) is 0 Å². The average molecular weight is 310 g/mol. The van der Waals surface area contributed by atoms with Crippen molar-refractivity contribution in [2.75, 3.05) is 13.2 Å². The molecular formula is C11H20BrNO4. The zero-order valence-electron chi connectivity index (χ0n) is 10.7. The molecule has 1 unspecified atom stereocenters. The molecule has 5 nitrogen and oxygen atoms in total. The van der Waals surface area contributed by atoms with Crippen LogP contribution in [0.4, 0.5) is 0 Å². The van der Waals surface area contributed by atoms with Crippen molar-refractivity contribution in [3.8, 4) is 0 Å². The van der Waals surface area contributed by atoms with Gasteiger partial charge in [0, 0.05) is 6.54 Å². The molecule has 6 heteroatoms. The van der Waals surface area contributed by atoms with Crippen LogP contribution in [-0.2, 0) is 19.1 Å². The van der Waals surface area contributed by atoms with Gasteiger partial charge in [-0.25, -0.2) is 0 Å². The lowest BCUT2D eigenvalue weighted by Crippen LogP contribution is -2.36. The monoisotopic (exact) mass is 309 g/mol. The fourth-order valence-corrected chi connectivity index (χ4v) is 1.37. The number of ether oxygens (including phenoxy) is 2. The highest BCUT2D eigenvalue weighted by Gasteiger charge is 2.36. The second-order valence-electron chi connectivity index (χ2n) is 4.89. The minimum absolute atomic E-state index is 0.0896. The average Bonchev–Trinajstić information content (AvgIpc) is 2.09. The first kappa shape index (κ1) is 16.4. The third-order valence-electron chi connectivity index (χ3n) is 1.67. The molecule has 100 valence electrons. The molecule has 0 aliphatic heterocycles. The standard InChI is InChI=1S/C11H20BrNO4/c1-10(2,3)17-8(14)7-11(4,12)9(15)16-6-5-13/h5-7,13H2,1-4H3. The molecule has 0 radical (unpaired) electrons. The molecule has 0 amide bonds. The van der Waals surface area contributed by atoms with E-state index in [9.17, 15) is 9.59 Å². The quantitative estimate of drug-likeness (QED) is 0.613. The lowest BCUT2D eigenvalue weighted by atomic mass is 10.1. The normalized spacial score (nSPS) is 14.9. The maximum atomic E-state index is 11.6. The van der Waals surface area contributed by atoms with E-state index in [0.29, 0.717) is 0 Å². The number of esters is 2. The summed E-state index contributed by atoms with van der Waals surface area (Å²) in [5.41, 5.74) is 4.65. The highest BCUT2D eigenvalue weighted by molar-refractivity contribution is 9.10. The molecule has 0 aliphatic rings. The van der Waals surface area contributed by atoms with Crippen molar-refractivity contribution >= 4 is 27.9 Å². The van der Waals surface area contributed by atoms with Gasteiger partial charge in [0.2, 0.25) is 0 Å². The van der Waals surface area contributed by atoms with Crippen molar-refractivity contribution in [1.82, 2.24) is 0 Å². The summed E-state index contributed by atoms with van der Waals surface area (Å²) in [4.78, 5) is 23.2. The summed E-state index contributed by atoms with van der Waals surface area (Å²) in [6, 6.07) is 0. The smallest absolute Gasteiger partial charge is 0.323 e. The molecule has 0 fully saturated rings. The zero-order valence-corrected chi connectivity index (χ0v) is 12.3. The van der Waals surface area contributed by atoms with Crippen LogP contribution in [0.5, 0.6) is 0 Å². The van der Waals surface area contributed by atoms with Crippen molar-refractivity contribution in [2.24, 2.45) is 5.73 Å². The topological polar surface area (TPSA) is 78.6 Å². The molecule has 2 N–H and O–H groups in total. The van der Waals surface area contributed by atoms with E-state index in [4.69, 9.17) is 15.2 Å². The van der Waals surface area contributed by atoms with E-state index >= 15 is 0 Å². The van der Waals surface area contributed by atoms with E-state index < -0.39 is 21.9 Å². The number of alkyl halides is 1. The third-order valence-corrected chi connectivity index (χ3v) is 2.28. The maximum Gasteiger partial charge on any atom is 0.323 e. The van der Waals surface area contributed by atoms with Crippen molar-refractivity contribution in [2.45, 2.75) is 44.0 Å². The second kappa shape index (κ2) is 6.35. The number of carbonyl (C=O) groups excluding carboxylic acids is 2. The lowest BCUT2D eigenvalue weighted by molar-refractivity contribution is -0.159. The van der Waals surface area contributed by atoms with E-state index in [-0.39, 0.29) is 19.6 Å². The SMILES string of the molecule is CC(C)(C)OC(=O)CC(C)(Br)C(=O)OCCN. The Hall–Kier alpha value is -0.620. The van der Waals surface area contributed by atoms with E-state index in [1.165, 1.54) is 0 Å². The minimum Gasteiger partial charge on any atom is -0.463 e. The van der Waals surface area contributed by atoms with E-state index in [1.807, 2.05) is 0 Å². The Morgan fingerprint density at radius 3 is 2.18 bits per heavy atom. The number of nitrogens with two attached hydrogens (primary N) is 1. The first-order valence-corrected chi connectivity index (χ1v) is 6.16. The van der Waals surface area contributed by atoms with Gasteiger partial charge in [0.25, 0.3) is 0 Å². The maximum absolute atomic E-state index is 11.6. The van der Waals surface area contributed by atoms with Crippen molar-refractivity contribution in [3.63, 3.8) is 0 Å². The molecule has 0 spiro atoms.